The Balaban J connectivity index is 1.79. The first-order valence-electron chi connectivity index (χ1n) is 10.6. The highest BCUT2D eigenvalue weighted by Crippen LogP contribution is 2.30. The van der Waals surface area contributed by atoms with Gasteiger partial charge in [0.05, 0.1) is 18.2 Å². The highest BCUT2D eigenvalue weighted by Gasteiger charge is 2.44. The van der Waals surface area contributed by atoms with Gasteiger partial charge >= 0.3 is 0 Å². The highest BCUT2D eigenvalue weighted by molar-refractivity contribution is 5.51. The van der Waals surface area contributed by atoms with Crippen LogP contribution in [0.3, 0.4) is 0 Å². The van der Waals surface area contributed by atoms with Crippen LogP contribution in [0.4, 0.5) is 15.8 Å². The summed E-state index contributed by atoms with van der Waals surface area (Å²) in [5, 5.41) is 53.5. The van der Waals surface area contributed by atoms with Gasteiger partial charge in [-0.2, -0.15) is 0 Å². The SMILES string of the molecule is O=[N+]([O-])c1ccc(OCc2cc(NCCCF)ccc2O[C@@H]2O[C@H](CO)[C@H](O)[C@H](O)[C@H]2O)cc1. The number of hydrogen-bond donors (Lipinski definition) is 5. The van der Waals surface area contributed by atoms with Gasteiger partial charge in [0.2, 0.25) is 6.29 Å². The number of anilines is 1. The Hall–Kier alpha value is -3.03. The summed E-state index contributed by atoms with van der Waals surface area (Å²) in [7, 11) is 0. The number of halogens is 1. The molecule has 3 rings (SSSR count). The average molecular weight is 482 g/mol. The summed E-state index contributed by atoms with van der Waals surface area (Å²) in [6.45, 7) is -0.713. The van der Waals surface area contributed by atoms with Gasteiger partial charge in [0.1, 0.15) is 42.5 Å². The molecule has 1 aliphatic rings. The molecular formula is C22H27FN2O9. The third-order valence-electron chi connectivity index (χ3n) is 5.23. The monoisotopic (exact) mass is 482 g/mol. The molecule has 5 atom stereocenters. The van der Waals surface area contributed by atoms with E-state index in [-0.39, 0.29) is 18.0 Å². The molecule has 1 heterocycles. The van der Waals surface area contributed by atoms with E-state index in [0.717, 1.165) is 0 Å². The molecule has 0 unspecified atom stereocenters. The minimum Gasteiger partial charge on any atom is -0.489 e. The predicted molar refractivity (Wildman–Crippen MR) is 117 cm³/mol. The van der Waals surface area contributed by atoms with Crippen LogP contribution in [0.2, 0.25) is 0 Å². The van der Waals surface area contributed by atoms with E-state index in [2.05, 4.69) is 5.32 Å². The second-order valence-electron chi connectivity index (χ2n) is 7.65. The van der Waals surface area contributed by atoms with Crippen molar-refractivity contribution in [1.29, 1.82) is 0 Å². The number of hydrogen-bond acceptors (Lipinski definition) is 10. The van der Waals surface area contributed by atoms with E-state index in [1.54, 1.807) is 18.2 Å². The van der Waals surface area contributed by atoms with E-state index in [1.807, 2.05) is 0 Å². The number of ether oxygens (including phenoxy) is 3. The number of aliphatic hydroxyl groups is 4. The third-order valence-corrected chi connectivity index (χ3v) is 5.23. The van der Waals surface area contributed by atoms with Crippen LogP contribution in [-0.4, -0.2) is 75.9 Å². The first-order chi connectivity index (χ1) is 16.3. The number of non-ortho nitro benzene ring substituents is 1. The van der Waals surface area contributed by atoms with Crippen molar-refractivity contribution in [1.82, 2.24) is 0 Å². The molecule has 11 nitrogen and oxygen atoms in total. The molecule has 12 heteroatoms. The molecule has 0 aliphatic carbocycles. The zero-order chi connectivity index (χ0) is 24.7. The van der Waals surface area contributed by atoms with Crippen molar-refractivity contribution in [3.63, 3.8) is 0 Å². The van der Waals surface area contributed by atoms with Gasteiger partial charge in [-0.05, 0) is 36.8 Å². The summed E-state index contributed by atoms with van der Waals surface area (Å²) in [4.78, 5) is 10.3. The third kappa shape index (κ3) is 6.30. The number of rotatable bonds is 11. The number of nitro benzene ring substituents is 1. The standard InChI is InChI=1S/C22H27FN2O9/c23-8-1-9-24-14-2-7-17(33-22-21(29)20(28)19(27)18(11-26)34-22)13(10-14)12-32-16-5-3-15(4-6-16)25(30)31/h2-7,10,18-22,24,26-29H,1,8-9,11-12H2/t18-,19+,20+,21-,22-/m1/s1. The topological polar surface area (TPSA) is 164 Å². The van der Waals surface area contributed by atoms with Crippen LogP contribution in [0.1, 0.15) is 12.0 Å². The van der Waals surface area contributed by atoms with E-state index in [1.165, 1.54) is 24.3 Å². The molecule has 0 radical (unpaired) electrons. The Kier molecular flexibility index (Phi) is 8.96. The van der Waals surface area contributed by atoms with Gasteiger partial charge in [0, 0.05) is 29.9 Å². The molecule has 0 bridgehead atoms. The Morgan fingerprint density at radius 2 is 1.82 bits per heavy atom. The number of alkyl halides is 1. The highest BCUT2D eigenvalue weighted by atomic mass is 19.1. The lowest BCUT2D eigenvalue weighted by atomic mass is 9.99. The van der Waals surface area contributed by atoms with Crippen LogP contribution in [-0.2, 0) is 11.3 Å². The molecule has 186 valence electrons. The van der Waals surface area contributed by atoms with Gasteiger partial charge < -0.3 is 40.0 Å². The molecule has 1 aliphatic heterocycles. The van der Waals surface area contributed by atoms with Crippen molar-refractivity contribution in [2.45, 2.75) is 43.7 Å². The molecule has 0 amide bonds. The minimum atomic E-state index is -1.60. The van der Waals surface area contributed by atoms with Gasteiger partial charge in [-0.3, -0.25) is 14.5 Å². The molecule has 0 aromatic heterocycles. The second-order valence-corrected chi connectivity index (χ2v) is 7.65. The molecule has 0 spiro atoms. The van der Waals surface area contributed by atoms with E-state index >= 15 is 0 Å². The predicted octanol–water partition coefficient (Wildman–Crippen LogP) is 1.12. The van der Waals surface area contributed by atoms with E-state index < -0.39 is 48.9 Å². The van der Waals surface area contributed by atoms with Crippen molar-refractivity contribution < 1.29 is 44.0 Å². The van der Waals surface area contributed by atoms with Gasteiger partial charge in [-0.25, -0.2) is 0 Å². The fourth-order valence-corrected chi connectivity index (χ4v) is 3.33. The maximum absolute atomic E-state index is 12.4. The summed E-state index contributed by atoms with van der Waals surface area (Å²) in [6.07, 6.45) is -6.92. The van der Waals surface area contributed by atoms with E-state index in [4.69, 9.17) is 14.2 Å². The van der Waals surface area contributed by atoms with E-state index in [9.17, 15) is 34.9 Å². The van der Waals surface area contributed by atoms with Crippen LogP contribution in [0.25, 0.3) is 0 Å². The smallest absolute Gasteiger partial charge is 0.269 e. The summed E-state index contributed by atoms with van der Waals surface area (Å²) in [5.41, 5.74) is 1.05. The quantitative estimate of drug-likeness (QED) is 0.178. The zero-order valence-corrected chi connectivity index (χ0v) is 18.1. The molecule has 34 heavy (non-hydrogen) atoms. The molecule has 1 saturated heterocycles. The van der Waals surface area contributed by atoms with E-state index in [0.29, 0.717) is 30.0 Å². The Morgan fingerprint density at radius 1 is 1.09 bits per heavy atom. The molecule has 5 N–H and O–H groups in total. The number of benzene rings is 2. The molecule has 0 saturated carbocycles. The van der Waals surface area contributed by atoms with Gasteiger partial charge in [-0.15, -0.1) is 0 Å². The lowest BCUT2D eigenvalue weighted by Crippen LogP contribution is -2.60. The summed E-state index contributed by atoms with van der Waals surface area (Å²) >= 11 is 0. The number of nitrogens with zero attached hydrogens (tertiary/aromatic N) is 1. The normalized spacial score (nSPS) is 24.4. The molecule has 2 aromatic rings. The average Bonchev–Trinajstić information content (AvgIpc) is 2.84. The Morgan fingerprint density at radius 3 is 2.47 bits per heavy atom. The van der Waals surface area contributed by atoms with Gasteiger partial charge in [0.15, 0.2) is 0 Å². The van der Waals surface area contributed by atoms with Gasteiger partial charge in [0.25, 0.3) is 5.69 Å². The van der Waals surface area contributed by atoms with Crippen LogP contribution >= 0.6 is 0 Å². The van der Waals surface area contributed by atoms with Crippen molar-refractivity contribution in [3.8, 4) is 11.5 Å². The largest absolute Gasteiger partial charge is 0.489 e. The number of nitrogens with one attached hydrogen (secondary N) is 1. The molecule has 1 fully saturated rings. The fourth-order valence-electron chi connectivity index (χ4n) is 3.33. The molecule has 2 aromatic carbocycles. The van der Waals surface area contributed by atoms with Crippen LogP contribution in [0, 0.1) is 10.1 Å². The lowest BCUT2D eigenvalue weighted by molar-refractivity contribution is -0.384. The Bertz CT molecular complexity index is 944. The zero-order valence-electron chi connectivity index (χ0n) is 18.1. The first-order valence-corrected chi connectivity index (χ1v) is 10.6. The Labute approximate surface area is 194 Å². The lowest BCUT2D eigenvalue weighted by Gasteiger charge is -2.39. The van der Waals surface area contributed by atoms with Crippen molar-refractivity contribution in [2.24, 2.45) is 0 Å². The summed E-state index contributed by atoms with van der Waals surface area (Å²) in [6, 6.07) is 10.4. The maximum Gasteiger partial charge on any atom is 0.269 e. The van der Waals surface area contributed by atoms with Crippen LogP contribution in [0.5, 0.6) is 11.5 Å². The summed E-state index contributed by atoms with van der Waals surface area (Å²) in [5.74, 6) is 0.586. The molecular weight excluding hydrogens is 455 g/mol. The first kappa shape index (κ1) is 25.6. The van der Waals surface area contributed by atoms with Crippen molar-refractivity contribution in [2.75, 3.05) is 25.1 Å². The van der Waals surface area contributed by atoms with Crippen molar-refractivity contribution >= 4 is 11.4 Å². The van der Waals surface area contributed by atoms with Crippen molar-refractivity contribution in [3.05, 3.63) is 58.1 Å². The number of aliphatic hydroxyl groups excluding tert-OH is 4. The fraction of sp³-hybridized carbons (Fsp3) is 0.455. The second kappa shape index (κ2) is 11.9. The number of nitro groups is 1. The maximum atomic E-state index is 12.4. The van der Waals surface area contributed by atoms with Crippen LogP contribution in [0.15, 0.2) is 42.5 Å². The van der Waals surface area contributed by atoms with Gasteiger partial charge in [-0.1, -0.05) is 0 Å². The van der Waals surface area contributed by atoms with Crippen LogP contribution < -0.4 is 14.8 Å². The summed E-state index contributed by atoms with van der Waals surface area (Å²) < 4.78 is 29.3. The minimum absolute atomic E-state index is 0.0385.